The van der Waals surface area contributed by atoms with Gasteiger partial charge in [-0.25, -0.2) is 4.98 Å². The van der Waals surface area contributed by atoms with Gasteiger partial charge in [-0.15, -0.1) is 0 Å². The van der Waals surface area contributed by atoms with Crippen LogP contribution in [0.5, 0.6) is 0 Å². The minimum Gasteiger partial charge on any atom is -0.260 e. The quantitative estimate of drug-likeness (QED) is 0.557. The Morgan fingerprint density at radius 3 is 2.89 bits per heavy atom. The summed E-state index contributed by atoms with van der Waals surface area (Å²) in [6, 6.07) is 0. The van der Waals surface area contributed by atoms with Crippen LogP contribution in [0.2, 0.25) is 0 Å². The summed E-state index contributed by atoms with van der Waals surface area (Å²) >= 11 is 0. The van der Waals surface area contributed by atoms with E-state index in [-0.39, 0.29) is 0 Å². The van der Waals surface area contributed by atoms with Gasteiger partial charge in [0.1, 0.15) is 6.20 Å². The Morgan fingerprint density at radius 1 is 1.78 bits per heavy atom. The largest absolute Gasteiger partial charge is 0.260 e. The summed E-state index contributed by atoms with van der Waals surface area (Å²) in [6.45, 7) is 5.59. The zero-order chi connectivity index (χ0) is 6.69. The van der Waals surface area contributed by atoms with Gasteiger partial charge in [-0.3, -0.25) is 4.98 Å². The van der Waals surface area contributed by atoms with Crippen LogP contribution in [-0.2, 0) is 0 Å². The molecule has 45 valence electrons. The average Bonchev–Trinajstić information content (AvgIpc) is 1.90. The van der Waals surface area contributed by atoms with Crippen molar-refractivity contribution in [2.75, 3.05) is 0 Å². The molecule has 2 nitrogen and oxygen atoms in total. The molecule has 1 aromatic heterocycles. The van der Waals surface area contributed by atoms with Crippen molar-refractivity contribution in [3.8, 4) is 0 Å². The lowest BCUT2D eigenvalue weighted by Gasteiger charge is -1.92. The molecule has 9 heavy (non-hydrogen) atoms. The molecule has 0 aliphatic rings. The highest BCUT2D eigenvalue weighted by Crippen LogP contribution is 2.02. The molecular weight excluding hydrogens is 112 g/mol. The van der Waals surface area contributed by atoms with Crippen LogP contribution in [0.1, 0.15) is 12.6 Å². The standard InChI is InChI=1S/C7H7N2/c1-6(2)7-5-8-3-4-9-7/h3,5H,1H2,2H3. The molecule has 1 aromatic rings. The molecular formula is C7H7N2. The molecule has 2 heteroatoms. The van der Waals surface area contributed by atoms with Gasteiger partial charge in [0.05, 0.1) is 18.1 Å². The molecule has 0 amide bonds. The SMILES string of the molecule is C=C(C)c1cnc[c]n1. The molecule has 1 rings (SSSR count). The Kier molecular flexibility index (Phi) is 1.58. The second-order valence-electron chi connectivity index (χ2n) is 1.81. The molecule has 0 saturated carbocycles. The average molecular weight is 119 g/mol. The predicted molar refractivity (Wildman–Crippen MR) is 35.6 cm³/mol. The number of hydrogen-bond acceptors (Lipinski definition) is 2. The van der Waals surface area contributed by atoms with Crippen LogP contribution >= 0.6 is 0 Å². The fourth-order valence-corrected chi connectivity index (χ4v) is 0.474. The topological polar surface area (TPSA) is 25.8 Å². The Hall–Kier alpha value is -1.18. The van der Waals surface area contributed by atoms with Gasteiger partial charge in [-0.1, -0.05) is 6.58 Å². The van der Waals surface area contributed by atoms with Crippen LogP contribution in [0, 0.1) is 6.20 Å². The fraction of sp³-hybridized carbons (Fsp3) is 0.143. The van der Waals surface area contributed by atoms with Crippen LogP contribution in [-0.4, -0.2) is 9.97 Å². The Morgan fingerprint density at radius 2 is 2.56 bits per heavy atom. The van der Waals surface area contributed by atoms with Gasteiger partial charge in [-0.2, -0.15) is 0 Å². The highest BCUT2D eigenvalue weighted by Gasteiger charge is 1.89. The molecule has 1 heterocycles. The van der Waals surface area contributed by atoms with E-state index in [2.05, 4.69) is 22.7 Å². The van der Waals surface area contributed by atoms with Gasteiger partial charge in [0.15, 0.2) is 0 Å². The van der Waals surface area contributed by atoms with Gasteiger partial charge in [0.25, 0.3) is 0 Å². The van der Waals surface area contributed by atoms with E-state index in [9.17, 15) is 0 Å². The monoisotopic (exact) mass is 119 g/mol. The Bertz CT molecular complexity index is 203. The van der Waals surface area contributed by atoms with E-state index in [1.54, 1.807) is 6.20 Å². The van der Waals surface area contributed by atoms with Crippen LogP contribution in [0.15, 0.2) is 19.0 Å². The van der Waals surface area contributed by atoms with E-state index in [1.165, 1.54) is 6.20 Å². The molecule has 0 fully saturated rings. The van der Waals surface area contributed by atoms with E-state index < -0.39 is 0 Å². The minimum absolute atomic E-state index is 0.803. The maximum Gasteiger partial charge on any atom is 0.109 e. The molecule has 0 aromatic carbocycles. The van der Waals surface area contributed by atoms with Gasteiger partial charge in [-0.05, 0) is 12.5 Å². The van der Waals surface area contributed by atoms with Crippen molar-refractivity contribution in [2.24, 2.45) is 0 Å². The molecule has 1 radical (unpaired) electrons. The molecule has 0 bridgehead atoms. The summed E-state index contributed by atoms with van der Waals surface area (Å²) in [5.74, 6) is 0. The summed E-state index contributed by atoms with van der Waals surface area (Å²) in [7, 11) is 0. The van der Waals surface area contributed by atoms with E-state index in [0.29, 0.717) is 0 Å². The highest BCUT2D eigenvalue weighted by molar-refractivity contribution is 5.56. The minimum atomic E-state index is 0.803. The molecule has 0 saturated heterocycles. The number of allylic oxidation sites excluding steroid dienone is 1. The van der Waals surface area contributed by atoms with E-state index in [0.717, 1.165) is 11.3 Å². The maximum absolute atomic E-state index is 3.89. The van der Waals surface area contributed by atoms with Crippen molar-refractivity contribution in [1.29, 1.82) is 0 Å². The first-order valence-electron chi connectivity index (χ1n) is 2.64. The van der Waals surface area contributed by atoms with Crippen molar-refractivity contribution < 1.29 is 0 Å². The summed E-state index contributed by atoms with van der Waals surface area (Å²) in [6.07, 6.45) is 5.81. The fourth-order valence-electron chi connectivity index (χ4n) is 0.474. The number of nitrogens with zero attached hydrogens (tertiary/aromatic N) is 2. The number of rotatable bonds is 1. The van der Waals surface area contributed by atoms with Gasteiger partial charge >= 0.3 is 0 Å². The lowest BCUT2D eigenvalue weighted by Crippen LogP contribution is -1.84. The Labute approximate surface area is 54.3 Å². The molecule has 0 spiro atoms. The van der Waals surface area contributed by atoms with Gasteiger partial charge in [0.2, 0.25) is 0 Å². The highest BCUT2D eigenvalue weighted by atomic mass is 14.8. The van der Waals surface area contributed by atoms with Crippen LogP contribution in [0.4, 0.5) is 0 Å². The Balaban J connectivity index is 2.98. The molecule has 0 N–H and O–H groups in total. The lowest BCUT2D eigenvalue weighted by molar-refractivity contribution is 1.15. The van der Waals surface area contributed by atoms with Crippen LogP contribution < -0.4 is 0 Å². The molecule has 0 unspecified atom stereocenters. The third-order valence-corrected chi connectivity index (χ3v) is 0.951. The normalized spacial score (nSPS) is 9.00. The van der Waals surface area contributed by atoms with E-state index in [1.807, 2.05) is 6.92 Å². The summed E-state index contributed by atoms with van der Waals surface area (Å²) < 4.78 is 0. The summed E-state index contributed by atoms with van der Waals surface area (Å²) in [4.78, 5) is 7.72. The molecule has 0 aliphatic carbocycles. The third-order valence-electron chi connectivity index (χ3n) is 0.951. The third kappa shape index (κ3) is 1.35. The zero-order valence-electron chi connectivity index (χ0n) is 5.26. The van der Waals surface area contributed by atoms with Crippen molar-refractivity contribution in [3.63, 3.8) is 0 Å². The van der Waals surface area contributed by atoms with Crippen molar-refractivity contribution in [3.05, 3.63) is 30.9 Å². The van der Waals surface area contributed by atoms with Crippen molar-refractivity contribution in [2.45, 2.75) is 6.92 Å². The van der Waals surface area contributed by atoms with Crippen molar-refractivity contribution >= 4 is 5.57 Å². The van der Waals surface area contributed by atoms with Crippen molar-refractivity contribution in [1.82, 2.24) is 9.97 Å². The zero-order valence-corrected chi connectivity index (χ0v) is 5.26. The summed E-state index contributed by atoms with van der Waals surface area (Å²) in [5.41, 5.74) is 1.72. The predicted octanol–water partition coefficient (Wildman–Crippen LogP) is 1.31. The van der Waals surface area contributed by atoms with E-state index >= 15 is 0 Å². The first kappa shape index (κ1) is 5.95. The first-order valence-corrected chi connectivity index (χ1v) is 2.64. The maximum atomic E-state index is 3.89. The van der Waals surface area contributed by atoms with Gasteiger partial charge in [0, 0.05) is 0 Å². The second-order valence-corrected chi connectivity index (χ2v) is 1.81. The smallest absolute Gasteiger partial charge is 0.109 e. The lowest BCUT2D eigenvalue weighted by atomic mass is 10.3. The summed E-state index contributed by atoms with van der Waals surface area (Å²) in [5, 5.41) is 0. The van der Waals surface area contributed by atoms with Gasteiger partial charge < -0.3 is 0 Å². The number of aromatic nitrogens is 2. The van der Waals surface area contributed by atoms with Crippen LogP contribution in [0.3, 0.4) is 0 Å². The molecule has 0 aliphatic heterocycles. The van der Waals surface area contributed by atoms with E-state index in [4.69, 9.17) is 0 Å². The molecule has 0 atom stereocenters. The van der Waals surface area contributed by atoms with Crippen LogP contribution in [0.25, 0.3) is 5.57 Å². The number of hydrogen-bond donors (Lipinski definition) is 0. The second kappa shape index (κ2) is 2.40. The first-order chi connectivity index (χ1) is 4.30.